The van der Waals surface area contributed by atoms with Crippen molar-refractivity contribution < 1.29 is 14.3 Å². The first kappa shape index (κ1) is 24.9. The van der Waals surface area contributed by atoms with E-state index in [2.05, 4.69) is 60.0 Å². The molecule has 2 N–H and O–H groups in total. The molecule has 0 bridgehead atoms. The van der Waals surface area contributed by atoms with Crippen LogP contribution in [0.4, 0.5) is 17.1 Å². The van der Waals surface area contributed by atoms with Crippen LogP contribution in [0.1, 0.15) is 67.9 Å². The smallest absolute Gasteiger partial charge is 0.337 e. The SMILES string of the molecule is COC(=O)c1ccc(N[C@@H]2C[C@H](C)N(C(C)=O)c3ccc(-c4cccc(NC5CCCC5)c4)cc32)cc1. The van der Waals surface area contributed by atoms with Gasteiger partial charge in [0, 0.05) is 36.1 Å². The average Bonchev–Trinajstić information content (AvgIpc) is 3.41. The fourth-order valence-corrected chi connectivity index (χ4v) is 5.78. The number of amides is 1. The van der Waals surface area contributed by atoms with Gasteiger partial charge in [-0.3, -0.25) is 4.79 Å². The third kappa shape index (κ3) is 5.33. The van der Waals surface area contributed by atoms with E-state index >= 15 is 0 Å². The number of nitrogens with one attached hydrogen (secondary N) is 2. The molecule has 1 aliphatic heterocycles. The first-order valence-electron chi connectivity index (χ1n) is 13.2. The summed E-state index contributed by atoms with van der Waals surface area (Å²) in [5.41, 5.74) is 6.90. The molecule has 6 nitrogen and oxygen atoms in total. The zero-order valence-corrected chi connectivity index (χ0v) is 21.8. The van der Waals surface area contributed by atoms with E-state index in [0.717, 1.165) is 40.2 Å². The van der Waals surface area contributed by atoms with Crippen molar-refractivity contribution in [3.63, 3.8) is 0 Å². The molecule has 0 radical (unpaired) electrons. The summed E-state index contributed by atoms with van der Waals surface area (Å²) in [6.07, 6.45) is 5.84. The van der Waals surface area contributed by atoms with Gasteiger partial charge in [-0.25, -0.2) is 4.79 Å². The molecule has 3 aromatic rings. The van der Waals surface area contributed by atoms with Gasteiger partial charge in [-0.2, -0.15) is 0 Å². The van der Waals surface area contributed by atoms with Crippen LogP contribution < -0.4 is 15.5 Å². The number of ether oxygens (including phenoxy) is 1. The molecule has 37 heavy (non-hydrogen) atoms. The molecule has 1 amide bonds. The van der Waals surface area contributed by atoms with Crippen molar-refractivity contribution in [3.05, 3.63) is 77.9 Å². The Morgan fingerprint density at radius 3 is 2.32 bits per heavy atom. The highest BCUT2D eigenvalue weighted by atomic mass is 16.5. The summed E-state index contributed by atoms with van der Waals surface area (Å²) in [5.74, 6) is -0.306. The molecule has 0 spiro atoms. The zero-order chi connectivity index (χ0) is 25.9. The fourth-order valence-electron chi connectivity index (χ4n) is 5.78. The summed E-state index contributed by atoms with van der Waals surface area (Å²) in [7, 11) is 1.38. The molecule has 1 saturated carbocycles. The van der Waals surface area contributed by atoms with Gasteiger partial charge in [0.15, 0.2) is 0 Å². The number of carbonyl (C=O) groups is 2. The standard InChI is InChI=1S/C31H35N3O3/c1-20-17-29(33-26-14-11-22(12-15-26)31(36)37-3)28-19-24(13-16-30(28)34(20)21(2)35)23-7-6-10-27(18-23)32-25-8-4-5-9-25/h6-7,10-16,18-20,25,29,32-33H,4-5,8-9,17H2,1-3H3/t20-,29+/m0/s1. The molecular formula is C31H35N3O3. The van der Waals surface area contributed by atoms with Gasteiger partial charge in [0.1, 0.15) is 0 Å². The number of rotatable bonds is 6. The molecule has 2 aliphatic rings. The Morgan fingerprint density at radius 1 is 0.892 bits per heavy atom. The number of hydrogen-bond donors (Lipinski definition) is 2. The van der Waals surface area contributed by atoms with E-state index in [1.165, 1.54) is 32.8 Å². The Kier molecular flexibility index (Phi) is 7.17. The third-order valence-corrected chi connectivity index (χ3v) is 7.59. The van der Waals surface area contributed by atoms with Crippen molar-refractivity contribution in [2.24, 2.45) is 0 Å². The number of fused-ring (bicyclic) bond motifs is 1. The summed E-state index contributed by atoms with van der Waals surface area (Å²) in [6.45, 7) is 3.72. The van der Waals surface area contributed by atoms with Crippen LogP contribution in [0.15, 0.2) is 66.7 Å². The maximum Gasteiger partial charge on any atom is 0.337 e. The van der Waals surface area contributed by atoms with Crippen LogP contribution in [0.5, 0.6) is 0 Å². The first-order valence-corrected chi connectivity index (χ1v) is 13.2. The molecule has 5 rings (SSSR count). The second-order valence-corrected chi connectivity index (χ2v) is 10.2. The predicted octanol–water partition coefficient (Wildman–Crippen LogP) is 6.79. The molecule has 1 aliphatic carbocycles. The topological polar surface area (TPSA) is 70.7 Å². The van der Waals surface area contributed by atoms with Crippen molar-refractivity contribution in [3.8, 4) is 11.1 Å². The fraction of sp³-hybridized carbons (Fsp3) is 0.355. The van der Waals surface area contributed by atoms with Gasteiger partial charge in [0.05, 0.1) is 18.7 Å². The molecular weight excluding hydrogens is 462 g/mol. The summed E-state index contributed by atoms with van der Waals surface area (Å²) in [6, 6.07) is 23.0. The molecule has 1 heterocycles. The molecule has 192 valence electrons. The Balaban J connectivity index is 1.46. The van der Waals surface area contributed by atoms with Gasteiger partial charge in [-0.05, 0) is 91.4 Å². The highest BCUT2D eigenvalue weighted by molar-refractivity contribution is 5.94. The maximum absolute atomic E-state index is 12.6. The van der Waals surface area contributed by atoms with Gasteiger partial charge in [-0.15, -0.1) is 0 Å². The second kappa shape index (κ2) is 10.7. The monoisotopic (exact) mass is 497 g/mol. The largest absolute Gasteiger partial charge is 0.465 e. The summed E-state index contributed by atoms with van der Waals surface area (Å²) < 4.78 is 4.82. The number of hydrogen-bond acceptors (Lipinski definition) is 5. The van der Waals surface area contributed by atoms with Gasteiger partial charge >= 0.3 is 5.97 Å². The Morgan fingerprint density at radius 2 is 1.62 bits per heavy atom. The van der Waals surface area contributed by atoms with Gasteiger partial charge < -0.3 is 20.3 Å². The Bertz CT molecular complexity index is 1280. The second-order valence-electron chi connectivity index (χ2n) is 10.2. The molecule has 6 heteroatoms. The third-order valence-electron chi connectivity index (χ3n) is 7.59. The van der Waals surface area contributed by atoms with Crippen LogP contribution in [0, 0.1) is 0 Å². The molecule has 0 saturated heterocycles. The van der Waals surface area contributed by atoms with E-state index in [1.807, 2.05) is 17.0 Å². The van der Waals surface area contributed by atoms with Crippen LogP contribution in [0.25, 0.3) is 11.1 Å². The highest BCUT2D eigenvalue weighted by Crippen LogP contribution is 2.41. The van der Waals surface area contributed by atoms with E-state index in [9.17, 15) is 9.59 Å². The minimum absolute atomic E-state index is 0.0179. The lowest BCUT2D eigenvalue weighted by Crippen LogP contribution is -2.43. The summed E-state index contributed by atoms with van der Waals surface area (Å²) in [5, 5.41) is 7.35. The Labute approximate surface area is 219 Å². The van der Waals surface area contributed by atoms with Crippen molar-refractivity contribution >= 4 is 28.9 Å². The zero-order valence-electron chi connectivity index (χ0n) is 21.8. The van der Waals surface area contributed by atoms with Crippen molar-refractivity contribution in [1.82, 2.24) is 0 Å². The quantitative estimate of drug-likeness (QED) is 0.367. The van der Waals surface area contributed by atoms with E-state index in [1.54, 1.807) is 19.1 Å². The summed E-state index contributed by atoms with van der Waals surface area (Å²) >= 11 is 0. The number of benzene rings is 3. The number of nitrogens with zero attached hydrogens (tertiary/aromatic N) is 1. The highest BCUT2D eigenvalue weighted by Gasteiger charge is 2.32. The van der Waals surface area contributed by atoms with Crippen molar-refractivity contribution in [1.29, 1.82) is 0 Å². The van der Waals surface area contributed by atoms with Crippen molar-refractivity contribution in [2.45, 2.75) is 64.1 Å². The van der Waals surface area contributed by atoms with Crippen LogP contribution in [0.3, 0.4) is 0 Å². The van der Waals surface area contributed by atoms with Gasteiger partial charge in [0.2, 0.25) is 5.91 Å². The lowest BCUT2D eigenvalue weighted by molar-refractivity contribution is -0.117. The predicted molar refractivity (Wildman–Crippen MR) is 149 cm³/mol. The lowest BCUT2D eigenvalue weighted by atomic mass is 9.88. The van der Waals surface area contributed by atoms with E-state index in [4.69, 9.17) is 4.74 Å². The number of esters is 1. The number of anilines is 3. The Hall–Kier alpha value is -3.80. The van der Waals surface area contributed by atoms with E-state index in [-0.39, 0.29) is 24.0 Å². The maximum atomic E-state index is 12.6. The van der Waals surface area contributed by atoms with Crippen LogP contribution in [-0.4, -0.2) is 31.1 Å². The molecule has 2 atom stereocenters. The molecule has 0 unspecified atom stereocenters. The van der Waals surface area contributed by atoms with E-state index < -0.39 is 0 Å². The minimum Gasteiger partial charge on any atom is -0.465 e. The molecule has 1 fully saturated rings. The van der Waals surface area contributed by atoms with Gasteiger partial charge in [-0.1, -0.05) is 31.0 Å². The summed E-state index contributed by atoms with van der Waals surface area (Å²) in [4.78, 5) is 26.3. The normalized spacial score (nSPS) is 19.3. The lowest BCUT2D eigenvalue weighted by Gasteiger charge is -2.39. The van der Waals surface area contributed by atoms with Crippen LogP contribution >= 0.6 is 0 Å². The minimum atomic E-state index is -0.352. The molecule has 0 aromatic heterocycles. The first-order chi connectivity index (χ1) is 17.9. The van der Waals surface area contributed by atoms with Crippen LogP contribution in [-0.2, 0) is 9.53 Å². The number of methoxy groups -OCH3 is 1. The molecule has 3 aromatic carbocycles. The average molecular weight is 498 g/mol. The van der Waals surface area contributed by atoms with Crippen molar-refractivity contribution in [2.75, 3.05) is 22.6 Å². The number of carbonyl (C=O) groups excluding carboxylic acids is 2. The van der Waals surface area contributed by atoms with E-state index in [0.29, 0.717) is 11.6 Å². The van der Waals surface area contributed by atoms with Crippen LogP contribution in [0.2, 0.25) is 0 Å². The van der Waals surface area contributed by atoms with Gasteiger partial charge in [0.25, 0.3) is 0 Å².